The third kappa shape index (κ3) is 2.56. The van der Waals surface area contributed by atoms with Crippen LogP contribution in [0.4, 0.5) is 0 Å². The molecule has 1 saturated carbocycles. The van der Waals surface area contributed by atoms with Crippen LogP contribution in [-0.4, -0.2) is 16.5 Å². The fourth-order valence-corrected chi connectivity index (χ4v) is 2.71. The van der Waals surface area contributed by atoms with Gasteiger partial charge in [0.05, 0.1) is 6.04 Å². The standard InChI is InChI=1S/C16H21N3/c1-2-17-15(16-18-10-11-19-16)14-8-6-13(7-9-14)12-4-3-5-12/h6-12,15,17H,2-5H2,1H3,(H,18,19). The molecule has 0 amide bonds. The molecule has 0 spiro atoms. The highest BCUT2D eigenvalue weighted by Gasteiger charge is 2.20. The second kappa shape index (κ2) is 5.57. The molecule has 2 aromatic rings. The van der Waals surface area contributed by atoms with Crippen molar-refractivity contribution in [1.82, 2.24) is 15.3 Å². The molecule has 1 aliphatic rings. The number of nitrogens with zero attached hydrogens (tertiary/aromatic N) is 1. The van der Waals surface area contributed by atoms with Gasteiger partial charge in [0, 0.05) is 12.4 Å². The molecule has 19 heavy (non-hydrogen) atoms. The lowest BCUT2D eigenvalue weighted by Crippen LogP contribution is -2.23. The van der Waals surface area contributed by atoms with Crippen LogP contribution >= 0.6 is 0 Å². The van der Waals surface area contributed by atoms with Crippen molar-refractivity contribution < 1.29 is 0 Å². The van der Waals surface area contributed by atoms with E-state index >= 15 is 0 Å². The third-order valence-electron chi connectivity index (χ3n) is 4.05. The van der Waals surface area contributed by atoms with E-state index in [9.17, 15) is 0 Å². The number of aromatic nitrogens is 2. The first-order valence-corrected chi connectivity index (χ1v) is 7.21. The maximum atomic E-state index is 4.38. The summed E-state index contributed by atoms with van der Waals surface area (Å²) in [5.41, 5.74) is 2.77. The van der Waals surface area contributed by atoms with Gasteiger partial charge in [-0.1, -0.05) is 37.6 Å². The monoisotopic (exact) mass is 255 g/mol. The van der Waals surface area contributed by atoms with Gasteiger partial charge in [0.25, 0.3) is 0 Å². The second-order valence-electron chi connectivity index (χ2n) is 5.26. The average Bonchev–Trinajstić information content (AvgIpc) is 2.89. The van der Waals surface area contributed by atoms with Crippen molar-refractivity contribution in [1.29, 1.82) is 0 Å². The third-order valence-corrected chi connectivity index (χ3v) is 4.05. The van der Waals surface area contributed by atoms with Gasteiger partial charge in [-0.25, -0.2) is 4.98 Å². The maximum Gasteiger partial charge on any atom is 0.127 e. The molecule has 0 radical (unpaired) electrons. The highest BCUT2D eigenvalue weighted by molar-refractivity contribution is 5.31. The highest BCUT2D eigenvalue weighted by Crippen LogP contribution is 2.36. The minimum Gasteiger partial charge on any atom is -0.347 e. The van der Waals surface area contributed by atoms with Crippen molar-refractivity contribution in [3.05, 3.63) is 53.6 Å². The highest BCUT2D eigenvalue weighted by atomic mass is 15.0. The minimum absolute atomic E-state index is 0.162. The normalized spacial score (nSPS) is 17.1. The Morgan fingerprint density at radius 2 is 2.11 bits per heavy atom. The first-order chi connectivity index (χ1) is 9.38. The smallest absolute Gasteiger partial charge is 0.127 e. The Bertz CT molecular complexity index is 497. The number of nitrogens with one attached hydrogen (secondary N) is 2. The topological polar surface area (TPSA) is 40.7 Å². The van der Waals surface area contributed by atoms with Gasteiger partial charge < -0.3 is 10.3 Å². The zero-order valence-corrected chi connectivity index (χ0v) is 11.4. The molecule has 0 saturated heterocycles. The quantitative estimate of drug-likeness (QED) is 0.860. The lowest BCUT2D eigenvalue weighted by atomic mass is 9.80. The van der Waals surface area contributed by atoms with E-state index in [0.717, 1.165) is 18.3 Å². The van der Waals surface area contributed by atoms with E-state index in [4.69, 9.17) is 0 Å². The van der Waals surface area contributed by atoms with E-state index in [1.165, 1.54) is 30.4 Å². The first kappa shape index (κ1) is 12.4. The Labute approximate surface area is 114 Å². The van der Waals surface area contributed by atoms with E-state index in [1.807, 2.05) is 12.4 Å². The molecule has 1 aromatic heterocycles. The zero-order chi connectivity index (χ0) is 13.1. The van der Waals surface area contributed by atoms with Crippen LogP contribution in [-0.2, 0) is 0 Å². The molecule has 1 fully saturated rings. The number of aromatic amines is 1. The Morgan fingerprint density at radius 1 is 1.32 bits per heavy atom. The lowest BCUT2D eigenvalue weighted by molar-refractivity contribution is 0.419. The van der Waals surface area contributed by atoms with E-state index < -0.39 is 0 Å². The van der Waals surface area contributed by atoms with E-state index in [0.29, 0.717) is 0 Å². The summed E-state index contributed by atoms with van der Waals surface area (Å²) in [4.78, 5) is 7.59. The molecule has 1 heterocycles. The molecule has 1 aromatic carbocycles. The molecule has 3 nitrogen and oxygen atoms in total. The van der Waals surface area contributed by atoms with Gasteiger partial charge in [-0.3, -0.25) is 0 Å². The summed E-state index contributed by atoms with van der Waals surface area (Å²) in [5.74, 6) is 1.79. The zero-order valence-electron chi connectivity index (χ0n) is 11.4. The summed E-state index contributed by atoms with van der Waals surface area (Å²) >= 11 is 0. The lowest BCUT2D eigenvalue weighted by Gasteiger charge is -2.26. The Hall–Kier alpha value is -1.61. The van der Waals surface area contributed by atoms with Gasteiger partial charge in [0.2, 0.25) is 0 Å². The van der Waals surface area contributed by atoms with Gasteiger partial charge >= 0.3 is 0 Å². The van der Waals surface area contributed by atoms with Crippen molar-refractivity contribution in [2.45, 2.75) is 38.1 Å². The maximum absolute atomic E-state index is 4.38. The molecule has 1 unspecified atom stereocenters. The summed E-state index contributed by atoms with van der Waals surface area (Å²) < 4.78 is 0. The SMILES string of the molecule is CCNC(c1ccc(C2CCC2)cc1)c1ncc[nH]1. The van der Waals surface area contributed by atoms with Crippen LogP contribution in [0.2, 0.25) is 0 Å². The summed E-state index contributed by atoms with van der Waals surface area (Å²) in [6, 6.07) is 9.21. The Morgan fingerprint density at radius 3 is 2.63 bits per heavy atom. The summed E-state index contributed by atoms with van der Waals surface area (Å²) in [7, 11) is 0. The van der Waals surface area contributed by atoms with Crippen molar-refractivity contribution in [3.8, 4) is 0 Å². The minimum atomic E-state index is 0.162. The molecular weight excluding hydrogens is 234 g/mol. The number of imidazole rings is 1. The van der Waals surface area contributed by atoms with Crippen molar-refractivity contribution in [2.24, 2.45) is 0 Å². The largest absolute Gasteiger partial charge is 0.347 e. The fourth-order valence-electron chi connectivity index (χ4n) is 2.71. The molecule has 1 atom stereocenters. The predicted octanol–water partition coefficient (Wildman–Crippen LogP) is 3.38. The average molecular weight is 255 g/mol. The van der Waals surface area contributed by atoms with Gasteiger partial charge in [0.15, 0.2) is 0 Å². The van der Waals surface area contributed by atoms with E-state index in [1.54, 1.807) is 0 Å². The summed E-state index contributed by atoms with van der Waals surface area (Å²) in [6.45, 7) is 3.05. The number of H-pyrrole nitrogens is 1. The van der Waals surface area contributed by atoms with Gasteiger partial charge in [-0.15, -0.1) is 0 Å². The van der Waals surface area contributed by atoms with Crippen LogP contribution < -0.4 is 5.32 Å². The predicted molar refractivity (Wildman–Crippen MR) is 77.1 cm³/mol. The molecule has 2 N–H and O–H groups in total. The van der Waals surface area contributed by atoms with Crippen LogP contribution in [0.1, 0.15) is 55.1 Å². The number of hydrogen-bond donors (Lipinski definition) is 2. The van der Waals surface area contributed by atoms with Crippen LogP contribution in [0.5, 0.6) is 0 Å². The molecule has 3 heteroatoms. The van der Waals surface area contributed by atoms with Crippen LogP contribution in [0.25, 0.3) is 0 Å². The molecule has 1 aliphatic carbocycles. The van der Waals surface area contributed by atoms with Gasteiger partial charge in [0.1, 0.15) is 5.82 Å². The molecule has 0 aliphatic heterocycles. The second-order valence-corrected chi connectivity index (χ2v) is 5.26. The summed E-state index contributed by atoms with van der Waals surface area (Å²) in [5, 5.41) is 3.48. The molecular formula is C16H21N3. The Kier molecular flexibility index (Phi) is 3.65. The summed E-state index contributed by atoms with van der Waals surface area (Å²) in [6.07, 6.45) is 7.78. The molecule has 100 valence electrons. The molecule has 0 bridgehead atoms. The van der Waals surface area contributed by atoms with E-state index in [2.05, 4.69) is 46.5 Å². The van der Waals surface area contributed by atoms with Crippen LogP contribution in [0.15, 0.2) is 36.7 Å². The Balaban J connectivity index is 1.81. The van der Waals surface area contributed by atoms with Crippen LogP contribution in [0.3, 0.4) is 0 Å². The fraction of sp³-hybridized carbons (Fsp3) is 0.438. The van der Waals surface area contributed by atoms with Crippen molar-refractivity contribution in [3.63, 3.8) is 0 Å². The van der Waals surface area contributed by atoms with Gasteiger partial charge in [-0.2, -0.15) is 0 Å². The number of benzene rings is 1. The van der Waals surface area contributed by atoms with Gasteiger partial charge in [-0.05, 0) is 36.4 Å². The van der Waals surface area contributed by atoms with Crippen molar-refractivity contribution in [2.75, 3.05) is 6.54 Å². The van der Waals surface area contributed by atoms with Crippen molar-refractivity contribution >= 4 is 0 Å². The molecule has 3 rings (SSSR count). The number of rotatable bonds is 5. The first-order valence-electron chi connectivity index (χ1n) is 7.21. The van der Waals surface area contributed by atoms with E-state index in [-0.39, 0.29) is 6.04 Å². The number of hydrogen-bond acceptors (Lipinski definition) is 2. The van der Waals surface area contributed by atoms with Crippen LogP contribution in [0, 0.1) is 0 Å².